The van der Waals surface area contributed by atoms with E-state index in [1.165, 1.54) is 6.07 Å². The molecule has 4 nitrogen and oxygen atoms in total. The van der Waals surface area contributed by atoms with Gasteiger partial charge in [-0.1, -0.05) is 6.92 Å². The summed E-state index contributed by atoms with van der Waals surface area (Å²) < 4.78 is 4.80. The van der Waals surface area contributed by atoms with Crippen LogP contribution in [0.2, 0.25) is 0 Å². The Morgan fingerprint density at radius 2 is 2.12 bits per heavy atom. The van der Waals surface area contributed by atoms with Crippen LogP contribution in [0.15, 0.2) is 12.1 Å². The van der Waals surface area contributed by atoms with Crippen molar-refractivity contribution in [2.75, 3.05) is 6.61 Å². The van der Waals surface area contributed by atoms with Gasteiger partial charge < -0.3 is 9.84 Å². The van der Waals surface area contributed by atoms with Gasteiger partial charge in [0, 0.05) is 5.56 Å². The number of nitrogens with zero attached hydrogens (tertiary/aromatic N) is 1. The molecule has 0 atom stereocenters. The summed E-state index contributed by atoms with van der Waals surface area (Å²) in [4.78, 5) is 11.3. The number of aryl methyl sites for hydroxylation is 1. The molecule has 0 amide bonds. The molecule has 0 heterocycles. The van der Waals surface area contributed by atoms with E-state index in [0.717, 1.165) is 5.56 Å². The molecule has 0 fully saturated rings. The second kappa shape index (κ2) is 5.90. The molecule has 1 aromatic rings. The maximum atomic E-state index is 11.3. The molecule has 1 aromatic carbocycles. The molecule has 0 unspecified atom stereocenters. The number of carbonyl (C=O) groups is 1. The molecule has 1 N–H and O–H groups in total. The highest BCUT2D eigenvalue weighted by molar-refractivity contribution is 5.74. The zero-order valence-electron chi connectivity index (χ0n) is 9.99. The Hall–Kier alpha value is -2.02. The van der Waals surface area contributed by atoms with Crippen LogP contribution in [0.4, 0.5) is 0 Å². The van der Waals surface area contributed by atoms with Crippen LogP contribution in [0.5, 0.6) is 5.75 Å². The van der Waals surface area contributed by atoms with Crippen molar-refractivity contribution in [2.45, 2.75) is 26.7 Å². The summed E-state index contributed by atoms with van der Waals surface area (Å²) in [6.45, 7) is 3.93. The molecule has 17 heavy (non-hydrogen) atoms. The van der Waals surface area contributed by atoms with E-state index in [9.17, 15) is 9.90 Å². The number of aromatic hydroxyl groups is 1. The van der Waals surface area contributed by atoms with E-state index >= 15 is 0 Å². The average Bonchev–Trinajstić information content (AvgIpc) is 2.31. The minimum Gasteiger partial charge on any atom is -0.508 e. The number of esters is 1. The third-order valence-corrected chi connectivity index (χ3v) is 2.45. The van der Waals surface area contributed by atoms with Gasteiger partial charge in [-0.25, -0.2) is 0 Å². The number of phenols is 1. The Kier molecular flexibility index (Phi) is 4.53. The largest absolute Gasteiger partial charge is 0.508 e. The van der Waals surface area contributed by atoms with Crippen molar-refractivity contribution in [3.63, 3.8) is 0 Å². The molecule has 0 bridgehead atoms. The summed E-state index contributed by atoms with van der Waals surface area (Å²) in [7, 11) is 0. The van der Waals surface area contributed by atoms with E-state index in [2.05, 4.69) is 6.07 Å². The number of carbonyl (C=O) groups excluding carboxylic acids is 1. The molecular weight excluding hydrogens is 218 g/mol. The molecule has 0 aromatic heterocycles. The quantitative estimate of drug-likeness (QED) is 0.807. The Labute approximate surface area is 100 Å². The number of hydrogen-bond donors (Lipinski definition) is 1. The lowest BCUT2D eigenvalue weighted by Gasteiger charge is -2.08. The van der Waals surface area contributed by atoms with Gasteiger partial charge in [0.2, 0.25) is 0 Å². The van der Waals surface area contributed by atoms with Crippen LogP contribution < -0.4 is 0 Å². The fraction of sp³-hybridized carbons (Fsp3) is 0.385. The standard InChI is InChI=1S/C13H15NO3/c1-3-9-6-12(15)10(5-11(9)8-14)7-13(16)17-4-2/h5-6,15H,3-4,7H2,1-2H3. The molecule has 0 aliphatic carbocycles. The van der Waals surface area contributed by atoms with E-state index in [0.29, 0.717) is 24.2 Å². The van der Waals surface area contributed by atoms with E-state index in [1.54, 1.807) is 13.0 Å². The van der Waals surface area contributed by atoms with E-state index in [1.807, 2.05) is 6.92 Å². The van der Waals surface area contributed by atoms with Crippen LogP contribution in [0.25, 0.3) is 0 Å². The van der Waals surface area contributed by atoms with Gasteiger partial charge in [0.05, 0.1) is 24.7 Å². The van der Waals surface area contributed by atoms with Gasteiger partial charge in [-0.2, -0.15) is 5.26 Å². The normalized spacial score (nSPS) is 9.71. The Morgan fingerprint density at radius 3 is 2.65 bits per heavy atom. The summed E-state index contributed by atoms with van der Waals surface area (Å²) in [5.74, 6) is -0.371. The first-order valence-corrected chi connectivity index (χ1v) is 5.52. The molecule has 0 saturated carbocycles. The molecule has 0 aliphatic heterocycles. The SMILES string of the molecule is CCOC(=O)Cc1cc(C#N)c(CC)cc1O. The Balaban J connectivity index is 3.01. The summed E-state index contributed by atoms with van der Waals surface area (Å²) in [6.07, 6.45) is 0.647. The highest BCUT2D eigenvalue weighted by Gasteiger charge is 2.12. The topological polar surface area (TPSA) is 70.3 Å². The monoisotopic (exact) mass is 233 g/mol. The molecule has 0 spiro atoms. The number of nitriles is 1. The van der Waals surface area contributed by atoms with E-state index < -0.39 is 5.97 Å². The summed E-state index contributed by atoms with van der Waals surface area (Å²) in [5.41, 5.74) is 1.69. The molecule has 0 saturated heterocycles. The minimum absolute atomic E-state index is 0.0155. The van der Waals surface area contributed by atoms with Gasteiger partial charge in [-0.05, 0) is 31.0 Å². The van der Waals surface area contributed by atoms with Crippen LogP contribution in [0, 0.1) is 11.3 Å². The molecule has 0 radical (unpaired) electrons. The Morgan fingerprint density at radius 1 is 1.41 bits per heavy atom. The van der Waals surface area contributed by atoms with Crippen molar-refractivity contribution in [1.82, 2.24) is 0 Å². The Bertz CT molecular complexity index is 460. The van der Waals surface area contributed by atoms with Gasteiger partial charge >= 0.3 is 5.97 Å². The molecule has 0 aliphatic rings. The lowest BCUT2D eigenvalue weighted by molar-refractivity contribution is -0.142. The predicted molar refractivity (Wildman–Crippen MR) is 62.5 cm³/mol. The van der Waals surface area contributed by atoms with Gasteiger partial charge in [-0.15, -0.1) is 0 Å². The van der Waals surface area contributed by atoms with Gasteiger partial charge in [0.15, 0.2) is 0 Å². The summed E-state index contributed by atoms with van der Waals surface area (Å²) >= 11 is 0. The first-order valence-electron chi connectivity index (χ1n) is 5.52. The van der Waals surface area contributed by atoms with Crippen molar-refractivity contribution in [3.05, 3.63) is 28.8 Å². The minimum atomic E-state index is -0.407. The van der Waals surface area contributed by atoms with Crippen LogP contribution in [0.3, 0.4) is 0 Å². The molecular formula is C13H15NO3. The van der Waals surface area contributed by atoms with Crippen LogP contribution >= 0.6 is 0 Å². The zero-order valence-corrected chi connectivity index (χ0v) is 9.99. The maximum absolute atomic E-state index is 11.3. The third-order valence-electron chi connectivity index (χ3n) is 2.45. The second-order valence-electron chi connectivity index (χ2n) is 3.59. The first-order chi connectivity index (χ1) is 8.12. The van der Waals surface area contributed by atoms with Crippen molar-refractivity contribution in [1.29, 1.82) is 5.26 Å². The van der Waals surface area contributed by atoms with E-state index in [4.69, 9.17) is 10.00 Å². The number of hydrogen-bond acceptors (Lipinski definition) is 4. The summed E-state index contributed by atoms with van der Waals surface area (Å²) in [6, 6.07) is 5.14. The zero-order chi connectivity index (χ0) is 12.8. The number of phenolic OH excluding ortho intramolecular Hbond substituents is 1. The van der Waals surface area contributed by atoms with Crippen LogP contribution in [-0.2, 0) is 22.4 Å². The smallest absolute Gasteiger partial charge is 0.310 e. The second-order valence-corrected chi connectivity index (χ2v) is 3.59. The average molecular weight is 233 g/mol. The summed E-state index contributed by atoms with van der Waals surface area (Å²) in [5, 5.41) is 18.7. The highest BCUT2D eigenvalue weighted by atomic mass is 16.5. The van der Waals surface area contributed by atoms with Crippen molar-refractivity contribution < 1.29 is 14.6 Å². The first kappa shape index (κ1) is 13.0. The van der Waals surface area contributed by atoms with Crippen molar-refractivity contribution >= 4 is 5.97 Å². The van der Waals surface area contributed by atoms with Gasteiger partial charge in [0.25, 0.3) is 0 Å². The van der Waals surface area contributed by atoms with Crippen LogP contribution in [-0.4, -0.2) is 17.7 Å². The maximum Gasteiger partial charge on any atom is 0.310 e. The fourth-order valence-electron chi connectivity index (χ4n) is 1.58. The number of ether oxygens (including phenoxy) is 1. The van der Waals surface area contributed by atoms with Gasteiger partial charge in [-0.3, -0.25) is 4.79 Å². The lowest BCUT2D eigenvalue weighted by atomic mass is 10.0. The van der Waals surface area contributed by atoms with Gasteiger partial charge in [0.1, 0.15) is 5.75 Å². The molecule has 1 rings (SSSR count). The number of benzene rings is 1. The molecule has 4 heteroatoms. The number of rotatable bonds is 4. The van der Waals surface area contributed by atoms with E-state index in [-0.39, 0.29) is 12.2 Å². The fourth-order valence-corrected chi connectivity index (χ4v) is 1.58. The lowest BCUT2D eigenvalue weighted by Crippen LogP contribution is -2.08. The third kappa shape index (κ3) is 3.22. The van der Waals surface area contributed by atoms with Crippen LogP contribution in [0.1, 0.15) is 30.5 Å². The predicted octanol–water partition coefficient (Wildman–Crippen LogP) is 1.93. The van der Waals surface area contributed by atoms with Crippen molar-refractivity contribution in [3.8, 4) is 11.8 Å². The van der Waals surface area contributed by atoms with Crippen molar-refractivity contribution in [2.24, 2.45) is 0 Å². The highest BCUT2D eigenvalue weighted by Crippen LogP contribution is 2.23. The molecule has 90 valence electrons.